The van der Waals surface area contributed by atoms with Crippen LogP contribution in [0.15, 0.2) is 82.9 Å². The summed E-state index contributed by atoms with van der Waals surface area (Å²) in [4.78, 5) is 29.8. The molecule has 7 nitrogen and oxygen atoms in total. The van der Waals surface area contributed by atoms with Crippen LogP contribution >= 0.6 is 23.4 Å². The zero-order valence-corrected chi connectivity index (χ0v) is 21.9. The van der Waals surface area contributed by atoms with Crippen molar-refractivity contribution in [2.75, 3.05) is 12.4 Å². The molecule has 0 aromatic heterocycles. The van der Waals surface area contributed by atoms with E-state index >= 15 is 0 Å². The van der Waals surface area contributed by atoms with Gasteiger partial charge in [0.2, 0.25) is 5.91 Å². The molecule has 188 valence electrons. The fraction of sp³-hybridized carbons (Fsp3) is 0.214. The van der Waals surface area contributed by atoms with E-state index in [1.54, 1.807) is 36.4 Å². The number of amidine groups is 1. The summed E-state index contributed by atoms with van der Waals surface area (Å²) in [5.41, 5.74) is 4.57. The Morgan fingerprint density at radius 2 is 1.92 bits per heavy atom. The van der Waals surface area contributed by atoms with Crippen LogP contribution in [0.4, 0.5) is 5.69 Å². The number of aryl methyl sites for hydroxylation is 1. The Kier molecular flexibility index (Phi) is 7.30. The molecule has 3 aromatic carbocycles. The van der Waals surface area contributed by atoms with Crippen LogP contribution in [-0.4, -0.2) is 40.1 Å². The molecule has 0 saturated heterocycles. The molecule has 0 unspecified atom stereocenters. The number of hydrazone groups is 1. The monoisotopic (exact) mass is 532 g/mol. The predicted molar refractivity (Wildman–Crippen MR) is 148 cm³/mol. The number of benzene rings is 3. The van der Waals surface area contributed by atoms with Gasteiger partial charge in [-0.3, -0.25) is 9.59 Å². The van der Waals surface area contributed by atoms with Gasteiger partial charge in [-0.1, -0.05) is 77.5 Å². The maximum absolute atomic E-state index is 12.8. The number of halogens is 1. The fourth-order valence-corrected chi connectivity index (χ4v) is 5.60. The van der Waals surface area contributed by atoms with E-state index in [9.17, 15) is 9.59 Å². The second-order valence-corrected chi connectivity index (χ2v) is 10.4. The first-order valence-electron chi connectivity index (χ1n) is 11.8. The van der Waals surface area contributed by atoms with Crippen molar-refractivity contribution >= 4 is 51.7 Å². The minimum atomic E-state index is -0.633. The Morgan fingerprint density at radius 1 is 1.14 bits per heavy atom. The lowest BCUT2D eigenvalue weighted by molar-refractivity contribution is -0.121. The zero-order valence-electron chi connectivity index (χ0n) is 20.3. The first kappa shape index (κ1) is 25.0. The Labute approximate surface area is 224 Å². The van der Waals surface area contributed by atoms with E-state index in [1.165, 1.54) is 17.3 Å². The third kappa shape index (κ3) is 5.55. The lowest BCUT2D eigenvalue weighted by Crippen LogP contribution is -2.25. The van der Waals surface area contributed by atoms with Crippen molar-refractivity contribution in [3.63, 3.8) is 0 Å². The lowest BCUT2D eigenvalue weighted by Gasteiger charge is -2.23. The van der Waals surface area contributed by atoms with E-state index in [-0.39, 0.29) is 24.3 Å². The molecule has 5 rings (SSSR count). The van der Waals surface area contributed by atoms with Crippen LogP contribution < -0.4 is 10.1 Å². The fourth-order valence-electron chi connectivity index (χ4n) is 4.28. The summed E-state index contributed by atoms with van der Waals surface area (Å²) in [6.07, 6.45) is 0.606. The van der Waals surface area contributed by atoms with Crippen molar-refractivity contribution in [2.24, 2.45) is 10.1 Å². The van der Waals surface area contributed by atoms with Crippen LogP contribution in [0, 0.1) is 6.92 Å². The average molecular weight is 533 g/mol. The summed E-state index contributed by atoms with van der Waals surface area (Å²) in [7, 11) is 1.56. The number of ether oxygens (including phenoxy) is 1. The number of thioether (sulfide) groups is 1. The molecule has 0 saturated carbocycles. The summed E-state index contributed by atoms with van der Waals surface area (Å²) < 4.78 is 5.20. The molecule has 0 spiro atoms. The standard InChI is InChI=1S/C28H25ClN4O3S/c1-17-10-12-18(13-11-17)23-15-24(21-8-3-4-9-22(21)29)33(32-23)28-31-27(35)25(37-28)16-26(34)30-19-6-5-7-20(14-19)36-2/h3-14,24-25H,15-16H2,1-2H3,(H,30,34)/t24-,25+/m0/s1. The van der Waals surface area contributed by atoms with Gasteiger partial charge in [0.1, 0.15) is 11.0 Å². The minimum Gasteiger partial charge on any atom is -0.497 e. The minimum absolute atomic E-state index is 0.00710. The SMILES string of the molecule is COc1cccc(NC(=O)C[C@H]2SC(N3N=C(c4ccc(C)cc4)C[C@H]3c3ccccc3Cl)=NC2=O)c1. The van der Waals surface area contributed by atoms with Crippen molar-refractivity contribution in [1.82, 2.24) is 5.01 Å². The normalized spacial score (nSPS) is 19.0. The molecule has 2 amide bonds. The van der Waals surface area contributed by atoms with Gasteiger partial charge in [0, 0.05) is 29.6 Å². The number of carbonyl (C=O) groups excluding carboxylic acids is 2. The number of nitrogens with one attached hydrogen (secondary N) is 1. The topological polar surface area (TPSA) is 83.4 Å². The summed E-state index contributed by atoms with van der Waals surface area (Å²) >= 11 is 7.82. The number of hydrogen-bond acceptors (Lipinski definition) is 6. The highest BCUT2D eigenvalue weighted by atomic mass is 35.5. The van der Waals surface area contributed by atoms with Crippen molar-refractivity contribution in [3.05, 3.63) is 94.5 Å². The lowest BCUT2D eigenvalue weighted by atomic mass is 9.98. The van der Waals surface area contributed by atoms with E-state index < -0.39 is 5.25 Å². The molecule has 37 heavy (non-hydrogen) atoms. The highest BCUT2D eigenvalue weighted by Gasteiger charge is 2.39. The van der Waals surface area contributed by atoms with Crippen molar-refractivity contribution in [3.8, 4) is 5.75 Å². The Hall–Kier alpha value is -3.62. The molecule has 2 atom stereocenters. The Balaban J connectivity index is 1.35. The van der Waals surface area contributed by atoms with Gasteiger partial charge in [0.25, 0.3) is 5.91 Å². The smallest absolute Gasteiger partial charge is 0.262 e. The predicted octanol–water partition coefficient (Wildman–Crippen LogP) is 5.83. The van der Waals surface area contributed by atoms with Gasteiger partial charge < -0.3 is 10.1 Å². The third-order valence-electron chi connectivity index (χ3n) is 6.21. The van der Waals surface area contributed by atoms with Crippen LogP contribution in [-0.2, 0) is 9.59 Å². The third-order valence-corrected chi connectivity index (χ3v) is 7.69. The Morgan fingerprint density at radius 3 is 2.68 bits per heavy atom. The van der Waals surface area contributed by atoms with E-state index in [4.69, 9.17) is 21.4 Å². The molecule has 9 heteroatoms. The second-order valence-electron chi connectivity index (χ2n) is 8.82. The van der Waals surface area contributed by atoms with Crippen molar-refractivity contribution in [2.45, 2.75) is 31.1 Å². The zero-order chi connectivity index (χ0) is 25.9. The molecular weight excluding hydrogens is 508 g/mol. The van der Waals surface area contributed by atoms with E-state index in [1.807, 2.05) is 55.5 Å². The first-order valence-corrected chi connectivity index (χ1v) is 13.1. The Bertz CT molecular complexity index is 1410. The highest BCUT2D eigenvalue weighted by Crippen LogP contribution is 2.40. The van der Waals surface area contributed by atoms with Gasteiger partial charge in [0.05, 0.1) is 18.9 Å². The van der Waals surface area contributed by atoms with E-state index in [2.05, 4.69) is 10.3 Å². The second kappa shape index (κ2) is 10.8. The molecule has 0 fully saturated rings. The van der Waals surface area contributed by atoms with Crippen LogP contribution in [0.5, 0.6) is 5.75 Å². The van der Waals surface area contributed by atoms with Gasteiger partial charge in [-0.25, -0.2) is 5.01 Å². The number of rotatable bonds is 6. The van der Waals surface area contributed by atoms with Crippen LogP contribution in [0.25, 0.3) is 0 Å². The average Bonchev–Trinajstić information content (AvgIpc) is 3.48. The van der Waals surface area contributed by atoms with Gasteiger partial charge in [-0.2, -0.15) is 10.1 Å². The molecule has 0 bridgehead atoms. The number of anilines is 1. The molecule has 1 N–H and O–H groups in total. The van der Waals surface area contributed by atoms with Gasteiger partial charge in [-0.15, -0.1) is 0 Å². The van der Waals surface area contributed by atoms with Crippen molar-refractivity contribution in [1.29, 1.82) is 0 Å². The number of amides is 2. The molecule has 0 aliphatic carbocycles. The van der Waals surface area contributed by atoms with Gasteiger partial charge >= 0.3 is 0 Å². The summed E-state index contributed by atoms with van der Waals surface area (Å²) in [5, 5.41) is 9.95. The summed E-state index contributed by atoms with van der Waals surface area (Å²) in [5.74, 6) is 0.0118. The van der Waals surface area contributed by atoms with Gasteiger partial charge in [0.15, 0.2) is 5.17 Å². The summed E-state index contributed by atoms with van der Waals surface area (Å²) in [6, 6.07) is 22.7. The number of hydrogen-bond donors (Lipinski definition) is 1. The van der Waals surface area contributed by atoms with Crippen molar-refractivity contribution < 1.29 is 14.3 Å². The van der Waals surface area contributed by atoms with Crippen LogP contribution in [0.1, 0.15) is 35.6 Å². The van der Waals surface area contributed by atoms with Gasteiger partial charge in [-0.05, 0) is 36.2 Å². The molecule has 2 heterocycles. The summed E-state index contributed by atoms with van der Waals surface area (Å²) in [6.45, 7) is 2.04. The molecule has 2 aliphatic rings. The van der Waals surface area contributed by atoms with Crippen LogP contribution in [0.2, 0.25) is 5.02 Å². The number of carbonyl (C=O) groups is 2. The van der Waals surface area contributed by atoms with Crippen LogP contribution in [0.3, 0.4) is 0 Å². The molecule has 2 aliphatic heterocycles. The highest BCUT2D eigenvalue weighted by molar-refractivity contribution is 8.15. The number of nitrogens with zero attached hydrogens (tertiary/aromatic N) is 3. The number of aliphatic imine (C=N–C) groups is 1. The first-order chi connectivity index (χ1) is 17.9. The van der Waals surface area contributed by atoms with E-state index in [0.717, 1.165) is 16.8 Å². The maximum atomic E-state index is 12.8. The number of methoxy groups -OCH3 is 1. The maximum Gasteiger partial charge on any atom is 0.262 e. The molecular formula is C28H25ClN4O3S. The van der Waals surface area contributed by atoms with E-state index in [0.29, 0.717) is 28.0 Å². The quantitative estimate of drug-likeness (QED) is 0.431. The largest absolute Gasteiger partial charge is 0.497 e. The molecule has 3 aromatic rings. The molecule has 0 radical (unpaired) electrons.